The van der Waals surface area contributed by atoms with Crippen molar-refractivity contribution < 1.29 is 13.5 Å². The normalized spacial score (nSPS) is 11.4. The molecule has 0 unspecified atom stereocenters. The van der Waals surface area contributed by atoms with Gasteiger partial charge in [-0.15, -0.1) is 0 Å². The van der Waals surface area contributed by atoms with E-state index in [1.54, 1.807) is 12.1 Å². The number of hydrogen-bond acceptors (Lipinski definition) is 1. The van der Waals surface area contributed by atoms with Crippen LogP contribution >= 0.6 is 27.5 Å². The highest BCUT2D eigenvalue weighted by atomic mass is 79.9. The van der Waals surface area contributed by atoms with Gasteiger partial charge in [-0.25, -0.2) is 0 Å². The lowest BCUT2D eigenvalue weighted by Gasteiger charge is -2.18. The van der Waals surface area contributed by atoms with Crippen molar-refractivity contribution in [2.45, 2.75) is 5.92 Å². The van der Waals surface area contributed by atoms with Crippen LogP contribution < -0.4 is 4.74 Å². The number of hydrogen-bond donors (Lipinski definition) is 0. The van der Waals surface area contributed by atoms with Crippen LogP contribution in [0.5, 0.6) is 5.75 Å². The van der Waals surface area contributed by atoms with Gasteiger partial charge in [-0.3, -0.25) is 0 Å². The van der Waals surface area contributed by atoms with Crippen molar-refractivity contribution in [2.24, 2.45) is 0 Å². The summed E-state index contributed by atoms with van der Waals surface area (Å²) in [7, 11) is 1.39. The molecular formula is C14H10BrClF2O. The average Bonchev–Trinajstić information content (AvgIpc) is 2.39. The Morgan fingerprint density at radius 3 is 2.21 bits per heavy atom. The minimum Gasteiger partial charge on any atom is -0.495 e. The molecule has 2 aromatic carbocycles. The fourth-order valence-electron chi connectivity index (χ4n) is 1.68. The van der Waals surface area contributed by atoms with Gasteiger partial charge in [0, 0.05) is 15.6 Å². The van der Waals surface area contributed by atoms with Crippen LogP contribution in [0, 0.1) is 0 Å². The number of ether oxygens (including phenoxy) is 1. The number of halogens is 4. The van der Waals surface area contributed by atoms with Crippen molar-refractivity contribution in [2.75, 3.05) is 7.11 Å². The van der Waals surface area contributed by atoms with E-state index in [-0.39, 0.29) is 16.9 Å². The highest BCUT2D eigenvalue weighted by Gasteiger charge is 2.34. The number of rotatable bonds is 3. The van der Waals surface area contributed by atoms with E-state index < -0.39 is 5.92 Å². The summed E-state index contributed by atoms with van der Waals surface area (Å²) in [5, 5.41) is 0.304. The molecule has 0 amide bonds. The van der Waals surface area contributed by atoms with Crippen molar-refractivity contribution in [1.29, 1.82) is 0 Å². The maximum absolute atomic E-state index is 14.4. The molecule has 100 valence electrons. The van der Waals surface area contributed by atoms with Crippen LogP contribution in [0.15, 0.2) is 46.9 Å². The molecule has 0 aliphatic heterocycles. The van der Waals surface area contributed by atoms with Crippen LogP contribution in [0.2, 0.25) is 5.02 Å². The zero-order valence-corrected chi connectivity index (χ0v) is 12.3. The summed E-state index contributed by atoms with van der Waals surface area (Å²) in [5.41, 5.74) is -0.240. The van der Waals surface area contributed by atoms with Crippen LogP contribution in [-0.2, 0) is 5.92 Å². The van der Waals surface area contributed by atoms with E-state index in [0.29, 0.717) is 5.02 Å². The van der Waals surface area contributed by atoms with Gasteiger partial charge in [0.25, 0.3) is 5.92 Å². The molecule has 1 nitrogen and oxygen atoms in total. The van der Waals surface area contributed by atoms with E-state index in [1.807, 2.05) is 0 Å². The van der Waals surface area contributed by atoms with Crippen LogP contribution in [0.1, 0.15) is 11.1 Å². The summed E-state index contributed by atoms with van der Waals surface area (Å²) in [6, 6.07) is 9.88. The van der Waals surface area contributed by atoms with Gasteiger partial charge in [0.05, 0.1) is 12.1 Å². The van der Waals surface area contributed by atoms with E-state index in [9.17, 15) is 8.78 Å². The Bertz CT molecular complexity index is 584. The standard InChI is InChI=1S/C14H10BrClF2O/c1-19-13-8-10(4-7-12(13)16)14(17,18)9-2-5-11(15)6-3-9/h2-8H,1H3. The second kappa shape index (κ2) is 5.47. The molecule has 0 saturated carbocycles. The zero-order valence-electron chi connectivity index (χ0n) is 9.96. The Labute approximate surface area is 123 Å². The fourth-order valence-corrected chi connectivity index (χ4v) is 2.14. The van der Waals surface area contributed by atoms with Gasteiger partial charge in [0.2, 0.25) is 0 Å². The molecule has 2 aromatic rings. The van der Waals surface area contributed by atoms with Crippen LogP contribution in [0.25, 0.3) is 0 Å². The average molecular weight is 348 g/mol. The highest BCUT2D eigenvalue weighted by molar-refractivity contribution is 9.10. The van der Waals surface area contributed by atoms with Gasteiger partial charge in [0.1, 0.15) is 5.75 Å². The molecule has 0 fully saturated rings. The smallest absolute Gasteiger partial charge is 0.298 e. The third kappa shape index (κ3) is 2.90. The molecule has 2 rings (SSSR count). The van der Waals surface area contributed by atoms with E-state index in [0.717, 1.165) is 4.47 Å². The lowest BCUT2D eigenvalue weighted by molar-refractivity contribution is 0.0426. The number of alkyl halides is 2. The molecule has 0 bridgehead atoms. The monoisotopic (exact) mass is 346 g/mol. The van der Waals surface area contributed by atoms with Crippen molar-refractivity contribution in [3.05, 3.63) is 63.1 Å². The Morgan fingerprint density at radius 2 is 1.63 bits per heavy atom. The molecule has 19 heavy (non-hydrogen) atoms. The number of methoxy groups -OCH3 is 1. The molecule has 0 spiro atoms. The predicted molar refractivity (Wildman–Crippen MR) is 75.1 cm³/mol. The number of benzene rings is 2. The summed E-state index contributed by atoms with van der Waals surface area (Å²) in [6.45, 7) is 0. The van der Waals surface area contributed by atoms with Crippen molar-refractivity contribution in [1.82, 2.24) is 0 Å². The second-order valence-corrected chi connectivity index (χ2v) is 5.25. The first-order valence-corrected chi connectivity index (χ1v) is 6.60. The van der Waals surface area contributed by atoms with Gasteiger partial charge in [-0.2, -0.15) is 8.78 Å². The second-order valence-electron chi connectivity index (χ2n) is 3.93. The molecule has 0 atom stereocenters. The Morgan fingerprint density at radius 1 is 1.05 bits per heavy atom. The van der Waals surface area contributed by atoms with E-state index in [1.165, 1.54) is 37.4 Å². The molecule has 0 aliphatic carbocycles. The molecule has 5 heteroatoms. The van der Waals surface area contributed by atoms with Crippen molar-refractivity contribution >= 4 is 27.5 Å². The van der Waals surface area contributed by atoms with E-state index in [4.69, 9.17) is 16.3 Å². The molecule has 0 aliphatic rings. The molecular weight excluding hydrogens is 338 g/mol. The zero-order chi connectivity index (χ0) is 14.0. The Hall–Kier alpha value is -1.13. The van der Waals surface area contributed by atoms with Gasteiger partial charge in [0.15, 0.2) is 0 Å². The van der Waals surface area contributed by atoms with E-state index in [2.05, 4.69) is 15.9 Å². The topological polar surface area (TPSA) is 9.23 Å². The fraction of sp³-hybridized carbons (Fsp3) is 0.143. The quantitative estimate of drug-likeness (QED) is 0.737. The van der Waals surface area contributed by atoms with Crippen LogP contribution in [0.4, 0.5) is 8.78 Å². The molecule has 0 N–H and O–H groups in total. The van der Waals surface area contributed by atoms with Crippen molar-refractivity contribution in [3.63, 3.8) is 0 Å². The molecule has 0 radical (unpaired) electrons. The summed E-state index contributed by atoms with van der Waals surface area (Å²) < 4.78 is 34.4. The van der Waals surface area contributed by atoms with Gasteiger partial charge >= 0.3 is 0 Å². The third-order valence-corrected chi connectivity index (χ3v) is 3.56. The van der Waals surface area contributed by atoms with Crippen molar-refractivity contribution in [3.8, 4) is 5.75 Å². The van der Waals surface area contributed by atoms with Crippen LogP contribution in [0.3, 0.4) is 0 Å². The lowest BCUT2D eigenvalue weighted by Crippen LogP contribution is -2.15. The summed E-state index contributed by atoms with van der Waals surface area (Å²) >= 11 is 9.06. The first-order valence-electron chi connectivity index (χ1n) is 5.43. The largest absolute Gasteiger partial charge is 0.495 e. The molecule has 0 aromatic heterocycles. The third-order valence-electron chi connectivity index (χ3n) is 2.72. The summed E-state index contributed by atoms with van der Waals surface area (Å²) in [5.74, 6) is -2.87. The summed E-state index contributed by atoms with van der Waals surface area (Å²) in [4.78, 5) is 0. The van der Waals surface area contributed by atoms with Gasteiger partial charge < -0.3 is 4.74 Å². The van der Waals surface area contributed by atoms with Gasteiger partial charge in [-0.1, -0.05) is 45.7 Å². The Kier molecular flexibility index (Phi) is 4.11. The summed E-state index contributed by atoms with van der Waals surface area (Å²) in [6.07, 6.45) is 0. The maximum Gasteiger partial charge on any atom is 0.298 e. The molecule has 0 saturated heterocycles. The maximum atomic E-state index is 14.4. The first-order chi connectivity index (χ1) is 8.95. The minimum absolute atomic E-state index is 0.0833. The SMILES string of the molecule is COc1cc(C(F)(F)c2ccc(Br)cc2)ccc1Cl. The van der Waals surface area contributed by atoms with Crippen LogP contribution in [-0.4, -0.2) is 7.11 Å². The highest BCUT2D eigenvalue weighted by Crippen LogP contribution is 2.39. The lowest BCUT2D eigenvalue weighted by atomic mass is 10.0. The van der Waals surface area contributed by atoms with E-state index >= 15 is 0 Å². The molecule has 0 heterocycles. The van der Waals surface area contributed by atoms with Gasteiger partial charge in [-0.05, 0) is 24.3 Å². The minimum atomic E-state index is -3.10. The Balaban J connectivity index is 2.46. The predicted octanol–water partition coefficient (Wildman–Crippen LogP) is 5.25. The first kappa shape index (κ1) is 14.3.